The monoisotopic (exact) mass is 545 g/mol. The van der Waals surface area contributed by atoms with Crippen molar-refractivity contribution in [2.24, 2.45) is 0 Å². The molecule has 1 N–H and O–H groups in total. The summed E-state index contributed by atoms with van der Waals surface area (Å²) in [5, 5.41) is 10.0. The minimum absolute atomic E-state index is 0.0701. The molecule has 0 unspecified atom stereocenters. The Morgan fingerprint density at radius 1 is 0.925 bits per heavy atom. The molecule has 1 saturated heterocycles. The first-order valence-electron chi connectivity index (χ1n) is 14.1. The molecule has 8 heteroatoms. The first kappa shape index (κ1) is 28.1. The zero-order chi connectivity index (χ0) is 27.9. The Labute approximate surface area is 236 Å². The number of aromatic nitrogens is 1. The van der Waals surface area contributed by atoms with E-state index in [-0.39, 0.29) is 12.5 Å². The first-order chi connectivity index (χ1) is 19.6. The summed E-state index contributed by atoms with van der Waals surface area (Å²) < 4.78 is 16.8. The van der Waals surface area contributed by atoms with Crippen LogP contribution >= 0.6 is 0 Å². The number of amides is 1. The highest BCUT2D eigenvalue weighted by molar-refractivity contribution is 5.92. The number of carbonyl (C=O) groups excluding carboxylic acids is 1. The number of rotatable bonds is 9. The maximum atomic E-state index is 13.1. The minimum atomic E-state index is -0.106. The highest BCUT2D eigenvalue weighted by Crippen LogP contribution is 2.36. The van der Waals surface area contributed by atoms with Crippen LogP contribution in [0.1, 0.15) is 58.8 Å². The normalized spacial score (nSPS) is 19.8. The third-order valence-electron chi connectivity index (χ3n) is 8.14. The molecule has 1 saturated carbocycles. The van der Waals surface area contributed by atoms with Gasteiger partial charge in [0.1, 0.15) is 22.9 Å². The van der Waals surface area contributed by atoms with E-state index in [4.69, 9.17) is 14.2 Å². The van der Waals surface area contributed by atoms with Crippen LogP contribution in [0.15, 0.2) is 60.8 Å². The van der Waals surface area contributed by atoms with E-state index in [1.807, 2.05) is 29.2 Å². The molecule has 1 aliphatic carbocycles. The molecule has 8 nitrogen and oxygen atoms in total. The van der Waals surface area contributed by atoms with E-state index in [9.17, 15) is 9.90 Å². The highest BCUT2D eigenvalue weighted by atomic mass is 16.5. The summed E-state index contributed by atoms with van der Waals surface area (Å²) >= 11 is 0. The topological polar surface area (TPSA) is 84.4 Å². The van der Waals surface area contributed by atoms with Crippen molar-refractivity contribution in [2.45, 2.75) is 50.9 Å². The molecule has 2 heterocycles. The zero-order valence-corrected chi connectivity index (χ0v) is 23.4. The number of ether oxygens (including phenoxy) is 3. The Morgan fingerprint density at radius 3 is 2.27 bits per heavy atom. The van der Waals surface area contributed by atoms with Gasteiger partial charge in [0.25, 0.3) is 5.91 Å². The van der Waals surface area contributed by atoms with E-state index in [2.05, 4.69) is 28.1 Å². The van der Waals surface area contributed by atoms with E-state index >= 15 is 0 Å². The highest BCUT2D eigenvalue weighted by Gasteiger charge is 2.24. The molecule has 0 bridgehead atoms. The van der Waals surface area contributed by atoms with Crippen molar-refractivity contribution < 1.29 is 24.1 Å². The maximum Gasteiger partial charge on any atom is 0.272 e. The molecule has 1 aliphatic heterocycles. The second-order valence-corrected chi connectivity index (χ2v) is 10.6. The van der Waals surface area contributed by atoms with Gasteiger partial charge in [-0.3, -0.25) is 9.69 Å². The van der Waals surface area contributed by atoms with Crippen LogP contribution in [0.25, 0.3) is 0 Å². The van der Waals surface area contributed by atoms with Crippen LogP contribution in [-0.4, -0.2) is 72.3 Å². The van der Waals surface area contributed by atoms with Crippen molar-refractivity contribution in [3.05, 3.63) is 83.2 Å². The van der Waals surface area contributed by atoms with Gasteiger partial charge in [-0.1, -0.05) is 18.2 Å². The number of methoxy groups -OCH3 is 2. The fourth-order valence-corrected chi connectivity index (χ4v) is 5.66. The summed E-state index contributed by atoms with van der Waals surface area (Å²) in [6.07, 6.45) is 6.22. The predicted molar refractivity (Wildman–Crippen MR) is 153 cm³/mol. The van der Waals surface area contributed by atoms with E-state index in [0.717, 1.165) is 56.6 Å². The Kier molecular flexibility index (Phi) is 9.31. The van der Waals surface area contributed by atoms with Crippen molar-refractivity contribution in [3.63, 3.8) is 0 Å². The van der Waals surface area contributed by atoms with Crippen LogP contribution in [0.5, 0.6) is 17.2 Å². The molecule has 2 aromatic carbocycles. The van der Waals surface area contributed by atoms with Crippen molar-refractivity contribution in [1.82, 2.24) is 14.8 Å². The molecule has 0 spiro atoms. The Bertz CT molecular complexity index is 1250. The van der Waals surface area contributed by atoms with Crippen molar-refractivity contribution >= 4 is 5.91 Å². The summed E-state index contributed by atoms with van der Waals surface area (Å²) in [7, 11) is 3.45. The lowest BCUT2D eigenvalue weighted by molar-refractivity contribution is 0.0622. The second kappa shape index (κ2) is 13.3. The minimum Gasteiger partial charge on any atom is -0.497 e. The van der Waals surface area contributed by atoms with Gasteiger partial charge in [-0.15, -0.1) is 0 Å². The summed E-state index contributed by atoms with van der Waals surface area (Å²) in [6.45, 7) is 3.69. The number of nitrogens with zero attached hydrogens (tertiary/aromatic N) is 3. The van der Waals surface area contributed by atoms with Crippen LogP contribution in [0.4, 0.5) is 0 Å². The second-order valence-electron chi connectivity index (χ2n) is 10.6. The molecular weight excluding hydrogens is 506 g/mol. The van der Waals surface area contributed by atoms with Gasteiger partial charge in [-0.05, 0) is 79.1 Å². The number of pyridine rings is 1. The van der Waals surface area contributed by atoms with Gasteiger partial charge in [0.2, 0.25) is 0 Å². The molecule has 5 rings (SSSR count). The number of carbonyl (C=O) groups is 1. The van der Waals surface area contributed by atoms with Gasteiger partial charge in [-0.25, -0.2) is 4.98 Å². The number of hydrogen-bond acceptors (Lipinski definition) is 7. The number of aliphatic hydroxyl groups is 1. The van der Waals surface area contributed by atoms with Gasteiger partial charge < -0.3 is 24.2 Å². The summed E-state index contributed by atoms with van der Waals surface area (Å²) in [4.78, 5) is 21.7. The standard InChI is InChI=1S/C32H39N3O5/c1-38-27-8-3-23(4-9-27)21-34-15-17-35(18-16-34)32(37)30-13-12-29(20-33-30)40-31-14-7-25(19-26(31)22-36)24-5-10-28(39-2)11-6-24/h3-4,7-9,12-14,19-20,24,28,36H,5-6,10-11,15-18,21-22H2,1-2H3. The molecule has 0 radical (unpaired) electrons. The summed E-state index contributed by atoms with van der Waals surface area (Å²) in [5.74, 6) is 2.39. The number of hydrogen-bond donors (Lipinski definition) is 1. The number of aliphatic hydroxyl groups excluding tert-OH is 1. The molecule has 212 valence electrons. The lowest BCUT2D eigenvalue weighted by atomic mass is 9.82. The molecule has 40 heavy (non-hydrogen) atoms. The Balaban J connectivity index is 1.14. The van der Waals surface area contributed by atoms with Crippen LogP contribution in [0.3, 0.4) is 0 Å². The van der Waals surface area contributed by atoms with Crippen LogP contribution in [-0.2, 0) is 17.9 Å². The average molecular weight is 546 g/mol. The third kappa shape index (κ3) is 6.81. The Morgan fingerprint density at radius 2 is 1.65 bits per heavy atom. The third-order valence-corrected chi connectivity index (χ3v) is 8.14. The quantitative estimate of drug-likeness (QED) is 0.405. The Hall–Kier alpha value is -3.46. The molecule has 1 amide bonds. The van der Waals surface area contributed by atoms with Gasteiger partial charge >= 0.3 is 0 Å². The average Bonchev–Trinajstić information content (AvgIpc) is 3.02. The van der Waals surface area contributed by atoms with E-state index in [0.29, 0.717) is 42.3 Å². The van der Waals surface area contributed by atoms with E-state index in [1.54, 1.807) is 32.5 Å². The van der Waals surface area contributed by atoms with Crippen molar-refractivity contribution in [3.8, 4) is 17.2 Å². The smallest absolute Gasteiger partial charge is 0.272 e. The van der Waals surface area contributed by atoms with E-state index in [1.165, 1.54) is 11.1 Å². The van der Waals surface area contributed by atoms with Crippen LogP contribution < -0.4 is 9.47 Å². The maximum absolute atomic E-state index is 13.1. The molecular formula is C32H39N3O5. The fraction of sp³-hybridized carbons (Fsp3) is 0.438. The van der Waals surface area contributed by atoms with Crippen LogP contribution in [0, 0.1) is 0 Å². The lowest BCUT2D eigenvalue weighted by Gasteiger charge is -2.34. The van der Waals surface area contributed by atoms with Gasteiger partial charge in [0.15, 0.2) is 0 Å². The predicted octanol–water partition coefficient (Wildman–Crippen LogP) is 5.01. The lowest BCUT2D eigenvalue weighted by Crippen LogP contribution is -2.48. The van der Waals surface area contributed by atoms with Gasteiger partial charge in [-0.2, -0.15) is 0 Å². The molecule has 3 aromatic rings. The summed E-state index contributed by atoms with van der Waals surface area (Å²) in [5.41, 5.74) is 3.61. The molecule has 1 aromatic heterocycles. The number of benzene rings is 2. The van der Waals surface area contributed by atoms with Gasteiger partial charge in [0, 0.05) is 45.4 Å². The molecule has 2 aliphatic rings. The number of piperazine rings is 1. The molecule has 0 atom stereocenters. The van der Waals surface area contributed by atoms with Crippen LogP contribution in [0.2, 0.25) is 0 Å². The first-order valence-corrected chi connectivity index (χ1v) is 14.1. The SMILES string of the molecule is COc1ccc(CN2CCN(C(=O)c3ccc(Oc4ccc(C5CCC(OC)CC5)cc4CO)cn3)CC2)cc1. The van der Waals surface area contributed by atoms with Crippen molar-refractivity contribution in [1.29, 1.82) is 0 Å². The zero-order valence-electron chi connectivity index (χ0n) is 23.4. The van der Waals surface area contributed by atoms with Gasteiger partial charge in [0.05, 0.1) is 26.0 Å². The molecule has 2 fully saturated rings. The largest absolute Gasteiger partial charge is 0.497 e. The summed E-state index contributed by atoms with van der Waals surface area (Å²) in [6, 6.07) is 17.6. The fourth-order valence-electron chi connectivity index (χ4n) is 5.66. The van der Waals surface area contributed by atoms with E-state index < -0.39 is 0 Å². The van der Waals surface area contributed by atoms with Crippen molar-refractivity contribution in [2.75, 3.05) is 40.4 Å².